The topological polar surface area (TPSA) is 35.2 Å². The summed E-state index contributed by atoms with van der Waals surface area (Å²) >= 11 is 0. The molecule has 1 aliphatic heterocycles. The van der Waals surface area contributed by atoms with Crippen molar-refractivity contribution in [3.05, 3.63) is 28.8 Å². The van der Waals surface area contributed by atoms with E-state index >= 15 is 0 Å². The van der Waals surface area contributed by atoms with Crippen molar-refractivity contribution in [2.75, 3.05) is 6.61 Å². The van der Waals surface area contributed by atoms with Gasteiger partial charge in [0, 0.05) is 17.5 Å². The van der Waals surface area contributed by atoms with Crippen molar-refractivity contribution in [2.24, 2.45) is 5.73 Å². The summed E-state index contributed by atoms with van der Waals surface area (Å²) in [5.41, 5.74) is 9.73. The minimum absolute atomic E-state index is 0.275. The molecule has 2 nitrogen and oxygen atoms in total. The number of ether oxygens (including phenoxy) is 1. The molecule has 2 rings (SSSR count). The second-order valence-corrected chi connectivity index (χ2v) is 4.55. The molecule has 0 radical (unpaired) electrons. The molecule has 14 heavy (non-hydrogen) atoms. The van der Waals surface area contributed by atoms with Crippen LogP contribution in [0.1, 0.15) is 30.5 Å². The van der Waals surface area contributed by atoms with Gasteiger partial charge in [0.25, 0.3) is 0 Å². The van der Waals surface area contributed by atoms with Gasteiger partial charge in [-0.15, -0.1) is 0 Å². The van der Waals surface area contributed by atoms with Gasteiger partial charge in [0.05, 0.1) is 6.61 Å². The number of aryl methyl sites for hydroxylation is 1. The van der Waals surface area contributed by atoms with Crippen molar-refractivity contribution in [1.82, 2.24) is 0 Å². The SMILES string of the molecule is Cc1ccc2c(c1C(C)(C)N)CCO2. The van der Waals surface area contributed by atoms with Crippen molar-refractivity contribution in [3.8, 4) is 5.75 Å². The number of hydrogen-bond acceptors (Lipinski definition) is 2. The van der Waals surface area contributed by atoms with Crippen LogP contribution in [0.3, 0.4) is 0 Å². The van der Waals surface area contributed by atoms with Crippen LogP contribution in [0.2, 0.25) is 0 Å². The second kappa shape index (κ2) is 2.99. The maximum Gasteiger partial charge on any atom is 0.122 e. The molecule has 2 heteroatoms. The third kappa shape index (κ3) is 1.40. The highest BCUT2D eigenvalue weighted by atomic mass is 16.5. The molecule has 0 bridgehead atoms. The van der Waals surface area contributed by atoms with E-state index in [4.69, 9.17) is 10.5 Å². The molecule has 0 atom stereocenters. The first-order valence-corrected chi connectivity index (χ1v) is 5.05. The van der Waals surface area contributed by atoms with Crippen LogP contribution >= 0.6 is 0 Å². The van der Waals surface area contributed by atoms with E-state index in [1.54, 1.807) is 0 Å². The Morgan fingerprint density at radius 2 is 2.07 bits per heavy atom. The van der Waals surface area contributed by atoms with Crippen LogP contribution in [0.15, 0.2) is 12.1 Å². The summed E-state index contributed by atoms with van der Waals surface area (Å²) in [5, 5.41) is 0. The largest absolute Gasteiger partial charge is 0.493 e. The zero-order chi connectivity index (χ0) is 10.3. The van der Waals surface area contributed by atoms with Crippen molar-refractivity contribution in [3.63, 3.8) is 0 Å². The molecule has 2 N–H and O–H groups in total. The minimum Gasteiger partial charge on any atom is -0.493 e. The monoisotopic (exact) mass is 191 g/mol. The molecule has 0 amide bonds. The Morgan fingerprint density at radius 1 is 1.36 bits per heavy atom. The molecule has 1 heterocycles. The Bertz CT molecular complexity index is 363. The zero-order valence-corrected chi connectivity index (χ0v) is 9.05. The van der Waals surface area contributed by atoms with Crippen molar-refractivity contribution >= 4 is 0 Å². The number of benzene rings is 1. The molecule has 1 aliphatic rings. The fraction of sp³-hybridized carbons (Fsp3) is 0.500. The number of fused-ring (bicyclic) bond motifs is 1. The highest BCUT2D eigenvalue weighted by molar-refractivity contribution is 5.49. The number of hydrogen-bond donors (Lipinski definition) is 1. The fourth-order valence-electron chi connectivity index (χ4n) is 2.29. The molecule has 0 saturated heterocycles. The average Bonchev–Trinajstić information content (AvgIpc) is 2.48. The van der Waals surface area contributed by atoms with Crippen LogP contribution in [0.25, 0.3) is 0 Å². The maximum absolute atomic E-state index is 6.18. The Morgan fingerprint density at radius 3 is 2.71 bits per heavy atom. The first-order valence-electron chi connectivity index (χ1n) is 5.05. The average molecular weight is 191 g/mol. The number of rotatable bonds is 1. The Kier molecular flexibility index (Phi) is 2.04. The van der Waals surface area contributed by atoms with Gasteiger partial charge in [-0.1, -0.05) is 6.07 Å². The third-order valence-electron chi connectivity index (χ3n) is 2.73. The van der Waals surface area contributed by atoms with Crippen LogP contribution < -0.4 is 10.5 Å². The Hall–Kier alpha value is -1.02. The van der Waals surface area contributed by atoms with Gasteiger partial charge in [-0.2, -0.15) is 0 Å². The van der Waals surface area contributed by atoms with Crippen LogP contribution in [-0.2, 0) is 12.0 Å². The molecule has 1 aromatic carbocycles. The van der Waals surface area contributed by atoms with Crippen LogP contribution in [-0.4, -0.2) is 6.61 Å². The molecule has 0 aliphatic carbocycles. The summed E-state index contributed by atoms with van der Waals surface area (Å²) < 4.78 is 5.53. The first kappa shape index (κ1) is 9.53. The standard InChI is InChI=1S/C12H17NO/c1-8-4-5-10-9(6-7-14-10)11(8)12(2,3)13/h4-5H,6-7,13H2,1-3H3. The van der Waals surface area contributed by atoms with Gasteiger partial charge >= 0.3 is 0 Å². The van der Waals surface area contributed by atoms with Gasteiger partial charge in [-0.25, -0.2) is 0 Å². The van der Waals surface area contributed by atoms with E-state index in [0.29, 0.717) is 0 Å². The Labute approximate surface area is 85.1 Å². The van der Waals surface area contributed by atoms with Crippen molar-refractivity contribution in [2.45, 2.75) is 32.7 Å². The highest BCUT2D eigenvalue weighted by Gasteiger charge is 2.25. The summed E-state index contributed by atoms with van der Waals surface area (Å²) in [4.78, 5) is 0. The quantitative estimate of drug-likeness (QED) is 0.738. The zero-order valence-electron chi connectivity index (χ0n) is 9.05. The van der Waals surface area contributed by atoms with E-state index < -0.39 is 0 Å². The van der Waals surface area contributed by atoms with E-state index in [1.807, 2.05) is 19.9 Å². The van der Waals surface area contributed by atoms with Crippen molar-refractivity contribution < 1.29 is 4.74 Å². The smallest absolute Gasteiger partial charge is 0.122 e. The van der Waals surface area contributed by atoms with E-state index in [2.05, 4.69) is 13.0 Å². The third-order valence-corrected chi connectivity index (χ3v) is 2.73. The minimum atomic E-state index is -0.275. The lowest BCUT2D eigenvalue weighted by atomic mass is 9.86. The summed E-state index contributed by atoms with van der Waals surface area (Å²) in [5.74, 6) is 1.02. The van der Waals surface area contributed by atoms with E-state index in [-0.39, 0.29) is 5.54 Å². The lowest BCUT2D eigenvalue weighted by molar-refractivity contribution is 0.357. The number of nitrogens with two attached hydrogens (primary N) is 1. The van der Waals surface area contributed by atoms with Crippen LogP contribution in [0.4, 0.5) is 0 Å². The van der Waals surface area contributed by atoms with E-state index in [9.17, 15) is 0 Å². The molecule has 1 aromatic rings. The van der Waals surface area contributed by atoms with Crippen LogP contribution in [0.5, 0.6) is 5.75 Å². The Balaban J connectivity index is 2.63. The molecular weight excluding hydrogens is 174 g/mol. The maximum atomic E-state index is 6.18. The molecule has 0 aromatic heterocycles. The normalized spacial score (nSPS) is 15.1. The van der Waals surface area contributed by atoms with Gasteiger partial charge in [-0.3, -0.25) is 0 Å². The summed E-state index contributed by atoms with van der Waals surface area (Å²) in [6, 6.07) is 4.14. The van der Waals surface area contributed by atoms with Crippen LogP contribution in [0, 0.1) is 6.92 Å². The van der Waals surface area contributed by atoms with Gasteiger partial charge in [0.2, 0.25) is 0 Å². The molecule has 0 spiro atoms. The lowest BCUT2D eigenvalue weighted by Crippen LogP contribution is -2.30. The summed E-state index contributed by atoms with van der Waals surface area (Å²) in [7, 11) is 0. The summed E-state index contributed by atoms with van der Waals surface area (Å²) in [6.45, 7) is 7.01. The molecule has 0 unspecified atom stereocenters. The highest BCUT2D eigenvalue weighted by Crippen LogP contribution is 2.35. The second-order valence-electron chi connectivity index (χ2n) is 4.55. The first-order chi connectivity index (χ1) is 6.50. The molecular formula is C12H17NO. The van der Waals surface area contributed by atoms with Gasteiger partial charge in [0.15, 0.2) is 0 Å². The predicted molar refractivity (Wildman–Crippen MR) is 57.6 cm³/mol. The van der Waals surface area contributed by atoms with Gasteiger partial charge in [-0.05, 0) is 38.0 Å². The van der Waals surface area contributed by atoms with E-state index in [0.717, 1.165) is 18.8 Å². The predicted octanol–water partition coefficient (Wildman–Crippen LogP) is 2.12. The molecule has 0 fully saturated rings. The van der Waals surface area contributed by atoms with Crippen molar-refractivity contribution in [1.29, 1.82) is 0 Å². The van der Waals surface area contributed by atoms with E-state index in [1.165, 1.54) is 16.7 Å². The fourth-order valence-corrected chi connectivity index (χ4v) is 2.29. The van der Waals surface area contributed by atoms with Gasteiger partial charge in [0.1, 0.15) is 5.75 Å². The summed E-state index contributed by atoms with van der Waals surface area (Å²) in [6.07, 6.45) is 0.993. The van der Waals surface area contributed by atoms with Gasteiger partial charge < -0.3 is 10.5 Å². The molecule has 0 saturated carbocycles. The lowest BCUT2D eigenvalue weighted by Gasteiger charge is -2.24. The molecule has 76 valence electrons.